The summed E-state index contributed by atoms with van der Waals surface area (Å²) in [6.45, 7) is 3.67. The first-order valence-corrected chi connectivity index (χ1v) is 10.3. The number of allylic oxidation sites excluding steroid dienone is 1. The van der Waals surface area contributed by atoms with Crippen molar-refractivity contribution in [3.8, 4) is 0 Å². The summed E-state index contributed by atoms with van der Waals surface area (Å²) in [5.41, 5.74) is -0.500. The Hall–Kier alpha value is -3.67. The fourth-order valence-corrected chi connectivity index (χ4v) is 4.27. The van der Waals surface area contributed by atoms with Crippen LogP contribution in [0.2, 0.25) is 0 Å². The van der Waals surface area contributed by atoms with Crippen molar-refractivity contribution in [3.63, 3.8) is 0 Å². The Morgan fingerprint density at radius 1 is 1.13 bits per heavy atom. The summed E-state index contributed by atoms with van der Waals surface area (Å²) in [5.74, 6) is -1.93. The minimum absolute atomic E-state index is 0.0340. The molecular formula is C25H23NO5. The molecule has 2 aliphatic heterocycles. The third-order valence-electron chi connectivity index (χ3n) is 5.48. The van der Waals surface area contributed by atoms with Crippen LogP contribution >= 0.6 is 0 Å². The quantitative estimate of drug-likeness (QED) is 0.422. The molecule has 1 amide bonds. The average molecular weight is 417 g/mol. The second-order valence-electron chi connectivity index (χ2n) is 7.34. The molecule has 0 aromatic heterocycles. The van der Waals surface area contributed by atoms with Crippen molar-refractivity contribution >= 4 is 29.1 Å². The smallest absolute Gasteiger partial charge is 0.337 e. The highest BCUT2D eigenvalue weighted by molar-refractivity contribution is 6.54. The zero-order chi connectivity index (χ0) is 22.0. The zero-order valence-corrected chi connectivity index (χ0v) is 17.4. The van der Waals surface area contributed by atoms with E-state index in [0.717, 1.165) is 0 Å². The lowest BCUT2D eigenvalue weighted by molar-refractivity contribution is -0.150. The van der Waals surface area contributed by atoms with Gasteiger partial charge in [0.15, 0.2) is 5.54 Å². The molecule has 2 atom stereocenters. The first-order valence-electron chi connectivity index (χ1n) is 10.3. The predicted molar refractivity (Wildman–Crippen MR) is 116 cm³/mol. The maximum Gasteiger partial charge on any atom is 0.337 e. The summed E-state index contributed by atoms with van der Waals surface area (Å²) in [6, 6.07) is 17.8. The molecule has 0 bridgehead atoms. The van der Waals surface area contributed by atoms with Crippen LogP contribution in [0.3, 0.4) is 0 Å². The Labute approximate surface area is 180 Å². The molecule has 1 fully saturated rings. The van der Waals surface area contributed by atoms with Gasteiger partial charge in [0.05, 0.1) is 12.2 Å². The molecule has 0 saturated carbocycles. The predicted octanol–water partition coefficient (Wildman–Crippen LogP) is 3.68. The van der Waals surface area contributed by atoms with Gasteiger partial charge in [-0.2, -0.15) is 0 Å². The number of Topliss-reactive ketones (excluding diaryl/α,β-unsaturated/α-hetero) is 1. The van der Waals surface area contributed by atoms with E-state index in [0.29, 0.717) is 11.3 Å². The van der Waals surface area contributed by atoms with Gasteiger partial charge in [0.2, 0.25) is 0 Å². The normalized spacial score (nSPS) is 23.2. The van der Waals surface area contributed by atoms with Crippen LogP contribution in [0.15, 0.2) is 78.4 Å². The van der Waals surface area contributed by atoms with E-state index >= 15 is 0 Å². The summed E-state index contributed by atoms with van der Waals surface area (Å²) in [4.78, 5) is 41.4. The Morgan fingerprint density at radius 3 is 2.39 bits per heavy atom. The van der Waals surface area contributed by atoms with E-state index in [-0.39, 0.29) is 24.4 Å². The number of rotatable bonds is 5. The molecule has 2 heterocycles. The lowest BCUT2D eigenvalue weighted by Gasteiger charge is -2.41. The number of benzene rings is 2. The van der Waals surface area contributed by atoms with Crippen molar-refractivity contribution in [1.29, 1.82) is 0 Å². The number of esters is 1. The highest BCUT2D eigenvalue weighted by Gasteiger charge is 2.65. The molecule has 0 aliphatic carbocycles. The van der Waals surface area contributed by atoms with Gasteiger partial charge in [-0.05, 0) is 32.1 Å². The Kier molecular flexibility index (Phi) is 5.46. The van der Waals surface area contributed by atoms with Crippen LogP contribution in [0, 0.1) is 0 Å². The standard InChI is InChI=1S/C25H23NO5/c1-3-11-19-16-25(24(29)30-4-2)20(22(31-19)17-12-7-5-8-13-17)21(27)23(28)26(25)18-14-9-6-10-15-18/h3,5-15,19H,4,16H2,1-2H3/b11-3-/t19-,25+/m0/s1. The van der Waals surface area contributed by atoms with Crippen molar-refractivity contribution in [2.45, 2.75) is 31.9 Å². The molecule has 2 aromatic carbocycles. The molecule has 6 nitrogen and oxygen atoms in total. The van der Waals surface area contributed by atoms with Crippen LogP contribution in [-0.4, -0.2) is 35.9 Å². The molecule has 1 saturated heterocycles. The van der Waals surface area contributed by atoms with Crippen molar-refractivity contribution < 1.29 is 23.9 Å². The summed E-state index contributed by atoms with van der Waals surface area (Å²) in [6.07, 6.45) is 3.19. The van der Waals surface area contributed by atoms with Crippen LogP contribution in [0.1, 0.15) is 25.8 Å². The zero-order valence-electron chi connectivity index (χ0n) is 17.4. The van der Waals surface area contributed by atoms with Crippen molar-refractivity contribution in [2.24, 2.45) is 0 Å². The number of para-hydroxylation sites is 1. The molecule has 0 radical (unpaired) electrons. The molecular weight excluding hydrogens is 394 g/mol. The number of amides is 1. The number of ketones is 1. The lowest BCUT2D eigenvalue weighted by atomic mass is 9.80. The molecule has 0 spiro atoms. The monoisotopic (exact) mass is 417 g/mol. The van der Waals surface area contributed by atoms with Gasteiger partial charge in [0.25, 0.3) is 5.78 Å². The van der Waals surface area contributed by atoms with Crippen molar-refractivity contribution in [1.82, 2.24) is 0 Å². The SMILES string of the molecule is C/C=C\[C@H]1C[C@]2(C(=O)OCC)C(=C(c3ccccc3)O1)C(=O)C(=O)N2c1ccccc1. The number of carbonyl (C=O) groups is 3. The largest absolute Gasteiger partial charge is 0.485 e. The van der Waals surface area contributed by atoms with E-state index in [1.807, 2.05) is 43.3 Å². The van der Waals surface area contributed by atoms with Gasteiger partial charge in [0, 0.05) is 17.7 Å². The average Bonchev–Trinajstić information content (AvgIpc) is 3.02. The Bertz CT molecular complexity index is 1070. The second-order valence-corrected chi connectivity index (χ2v) is 7.34. The third kappa shape index (κ3) is 3.24. The molecule has 158 valence electrons. The summed E-state index contributed by atoms with van der Waals surface area (Å²) < 4.78 is 11.6. The summed E-state index contributed by atoms with van der Waals surface area (Å²) in [5, 5.41) is 0. The minimum atomic E-state index is -1.61. The highest BCUT2D eigenvalue weighted by Crippen LogP contribution is 2.49. The van der Waals surface area contributed by atoms with Gasteiger partial charge in [-0.15, -0.1) is 0 Å². The lowest BCUT2D eigenvalue weighted by Crippen LogP contribution is -2.57. The fraction of sp³-hybridized carbons (Fsp3) is 0.240. The van der Waals surface area contributed by atoms with Crippen LogP contribution in [0.25, 0.3) is 5.76 Å². The molecule has 2 aromatic rings. The maximum absolute atomic E-state index is 13.5. The van der Waals surface area contributed by atoms with E-state index in [2.05, 4.69) is 0 Å². The number of ether oxygens (including phenoxy) is 2. The van der Waals surface area contributed by atoms with Crippen LogP contribution < -0.4 is 4.90 Å². The van der Waals surface area contributed by atoms with Crippen molar-refractivity contribution in [3.05, 3.63) is 84.0 Å². The molecule has 6 heteroatoms. The number of anilines is 1. The van der Waals surface area contributed by atoms with Gasteiger partial charge in [-0.3, -0.25) is 14.5 Å². The van der Waals surface area contributed by atoms with Gasteiger partial charge in [-0.1, -0.05) is 54.6 Å². The first kappa shape index (κ1) is 20.6. The summed E-state index contributed by atoms with van der Waals surface area (Å²) in [7, 11) is 0. The minimum Gasteiger partial charge on any atom is -0.485 e. The molecule has 31 heavy (non-hydrogen) atoms. The highest BCUT2D eigenvalue weighted by atomic mass is 16.5. The van der Waals surface area contributed by atoms with Gasteiger partial charge >= 0.3 is 11.9 Å². The number of hydrogen-bond donors (Lipinski definition) is 0. The van der Waals surface area contributed by atoms with E-state index < -0.39 is 29.3 Å². The molecule has 0 unspecified atom stereocenters. The van der Waals surface area contributed by atoms with E-state index in [4.69, 9.17) is 9.47 Å². The topological polar surface area (TPSA) is 72.9 Å². The first-order chi connectivity index (χ1) is 15.0. The number of nitrogens with zero attached hydrogens (tertiary/aromatic N) is 1. The van der Waals surface area contributed by atoms with Gasteiger partial charge in [-0.25, -0.2) is 4.79 Å². The van der Waals surface area contributed by atoms with E-state index in [1.165, 1.54) is 4.90 Å². The van der Waals surface area contributed by atoms with Gasteiger partial charge < -0.3 is 9.47 Å². The van der Waals surface area contributed by atoms with E-state index in [1.54, 1.807) is 43.3 Å². The Balaban J connectivity index is 2.05. The number of hydrogen-bond acceptors (Lipinski definition) is 5. The van der Waals surface area contributed by atoms with Crippen LogP contribution in [0.5, 0.6) is 0 Å². The molecule has 0 N–H and O–H groups in total. The second kappa shape index (κ2) is 8.22. The van der Waals surface area contributed by atoms with E-state index in [9.17, 15) is 14.4 Å². The maximum atomic E-state index is 13.5. The third-order valence-corrected chi connectivity index (χ3v) is 5.48. The molecule has 2 aliphatic rings. The van der Waals surface area contributed by atoms with Crippen LogP contribution in [-0.2, 0) is 23.9 Å². The number of carbonyl (C=O) groups excluding carboxylic acids is 3. The van der Waals surface area contributed by atoms with Crippen LogP contribution in [0.4, 0.5) is 5.69 Å². The Morgan fingerprint density at radius 2 is 1.77 bits per heavy atom. The van der Waals surface area contributed by atoms with Crippen molar-refractivity contribution in [2.75, 3.05) is 11.5 Å². The molecule has 4 rings (SSSR count). The van der Waals surface area contributed by atoms with Gasteiger partial charge in [0.1, 0.15) is 11.9 Å². The fourth-order valence-electron chi connectivity index (χ4n) is 4.27. The summed E-state index contributed by atoms with van der Waals surface area (Å²) >= 11 is 0. The number of fused-ring (bicyclic) bond motifs is 1.